The number of hydrogen-bond donors (Lipinski definition) is 5. The minimum atomic E-state index is -4.50. The van der Waals surface area contributed by atoms with E-state index in [1.807, 2.05) is 67.6 Å². The van der Waals surface area contributed by atoms with E-state index >= 15 is 0 Å². The van der Waals surface area contributed by atoms with Crippen molar-refractivity contribution >= 4 is 32.8 Å². The summed E-state index contributed by atoms with van der Waals surface area (Å²) in [4.78, 5) is 4.33. The summed E-state index contributed by atoms with van der Waals surface area (Å²) in [5, 5.41) is 24.3. The molecule has 2 aromatic carbocycles. The maximum Gasteiger partial charge on any atom is 0.414 e. The van der Waals surface area contributed by atoms with Crippen LogP contribution < -0.4 is 16.4 Å². The summed E-state index contributed by atoms with van der Waals surface area (Å²) in [6.07, 6.45) is 1.03. The van der Waals surface area contributed by atoms with E-state index in [0.717, 1.165) is 38.2 Å². The molecule has 0 fully saturated rings. The highest BCUT2D eigenvalue weighted by molar-refractivity contribution is 9.10. The Hall–Kier alpha value is -3.93. The molecule has 0 saturated carbocycles. The Balaban J connectivity index is 1.32. The first-order valence-electron chi connectivity index (χ1n) is 12.9. The number of nitrogens with two attached hydrogens (primary N) is 1. The van der Waals surface area contributed by atoms with Gasteiger partial charge in [-0.3, -0.25) is 10.4 Å². The molecule has 212 valence electrons. The number of aliphatic hydroxyl groups is 1. The zero-order valence-corrected chi connectivity index (χ0v) is 23.6. The molecule has 7 nitrogen and oxygen atoms in total. The number of aromatic amines is 1. The Morgan fingerprint density at radius 3 is 2.56 bits per heavy atom. The van der Waals surface area contributed by atoms with Crippen LogP contribution in [0.5, 0.6) is 0 Å². The molecular weight excluding hydrogens is 597 g/mol. The summed E-state index contributed by atoms with van der Waals surface area (Å²) < 4.78 is 41.4. The van der Waals surface area contributed by atoms with Gasteiger partial charge in [0.2, 0.25) is 0 Å². The van der Waals surface area contributed by atoms with Gasteiger partial charge in [-0.2, -0.15) is 18.3 Å². The molecule has 0 spiro atoms. The second kappa shape index (κ2) is 11.9. The summed E-state index contributed by atoms with van der Waals surface area (Å²) in [6, 6.07) is 17.0. The number of hydrogen-bond acceptors (Lipinski definition) is 6. The first-order valence-corrected chi connectivity index (χ1v) is 13.7. The molecule has 0 aliphatic carbocycles. The zero-order chi connectivity index (χ0) is 29.1. The molecule has 0 radical (unpaired) electrons. The number of halogens is 4. The van der Waals surface area contributed by atoms with Gasteiger partial charge in [0, 0.05) is 40.1 Å². The van der Waals surface area contributed by atoms with Gasteiger partial charge < -0.3 is 16.2 Å². The number of nitrogens with one attached hydrogen (secondary N) is 3. The quantitative estimate of drug-likeness (QED) is 0.152. The summed E-state index contributed by atoms with van der Waals surface area (Å²) in [5.74, 6) is 0.460. The second-order valence-corrected chi connectivity index (χ2v) is 10.7. The molecule has 41 heavy (non-hydrogen) atoms. The number of aromatic nitrogens is 3. The van der Waals surface area contributed by atoms with Gasteiger partial charge in [0.25, 0.3) is 0 Å². The first-order chi connectivity index (χ1) is 19.6. The van der Waals surface area contributed by atoms with Crippen LogP contribution in [-0.2, 0) is 6.42 Å². The number of aliphatic hydroxyl groups excluding tert-OH is 1. The molecule has 1 aliphatic rings. The molecule has 2 aromatic heterocycles. The van der Waals surface area contributed by atoms with E-state index in [-0.39, 0.29) is 18.2 Å². The third-order valence-corrected chi connectivity index (χ3v) is 7.44. The van der Waals surface area contributed by atoms with Crippen LogP contribution in [0.15, 0.2) is 100 Å². The topological polar surface area (TPSA) is 112 Å². The maximum atomic E-state index is 13.5. The summed E-state index contributed by atoms with van der Waals surface area (Å²) in [6.45, 7) is 1.46. The van der Waals surface area contributed by atoms with Gasteiger partial charge >= 0.3 is 6.18 Å². The molecule has 2 unspecified atom stereocenters. The Labute approximate surface area is 243 Å². The van der Waals surface area contributed by atoms with Gasteiger partial charge in [-0.1, -0.05) is 58.4 Å². The average molecular weight is 625 g/mol. The molecule has 6 N–H and O–H groups in total. The fourth-order valence-electron chi connectivity index (χ4n) is 4.57. The molecule has 4 aromatic rings. The van der Waals surface area contributed by atoms with Crippen LogP contribution in [-0.4, -0.2) is 39.2 Å². The summed E-state index contributed by atoms with van der Waals surface area (Å²) in [5.41, 5.74) is 10.0. The standard InChI is InChI=1S/C30H28BrF3N6O/c1-17(19-9-11-23(31)12-10-19)38-29(41)24-14-22(30(32,33)34)16-36-26(24)4-2-3-18-5-7-20(8-6-18)21-13-25-27(35)39-40-28(25)37-15-21/h2,4-15,17,29,36,38,41H,3,16H2,1H3,(H3,35,37,39,40)/b4-2-. The Morgan fingerprint density at radius 1 is 1.12 bits per heavy atom. The normalized spacial score (nSPS) is 15.7. The van der Waals surface area contributed by atoms with Crippen LogP contribution in [0.2, 0.25) is 0 Å². The lowest BCUT2D eigenvalue weighted by atomic mass is 10.0. The third kappa shape index (κ3) is 6.70. The predicted molar refractivity (Wildman–Crippen MR) is 157 cm³/mol. The highest BCUT2D eigenvalue weighted by Crippen LogP contribution is 2.31. The summed E-state index contributed by atoms with van der Waals surface area (Å²) in [7, 11) is 0. The van der Waals surface area contributed by atoms with Crippen LogP contribution in [0.25, 0.3) is 22.2 Å². The van der Waals surface area contributed by atoms with Crippen molar-refractivity contribution in [3.05, 3.63) is 111 Å². The van der Waals surface area contributed by atoms with E-state index in [1.54, 1.807) is 12.3 Å². The number of allylic oxidation sites excluding steroid dienone is 2. The predicted octanol–water partition coefficient (Wildman–Crippen LogP) is 6.08. The molecule has 2 atom stereocenters. The Morgan fingerprint density at radius 2 is 1.85 bits per heavy atom. The minimum Gasteiger partial charge on any atom is -0.384 e. The van der Waals surface area contributed by atoms with E-state index in [1.165, 1.54) is 0 Å². The van der Waals surface area contributed by atoms with Gasteiger partial charge in [-0.25, -0.2) is 4.98 Å². The number of alkyl halides is 3. The average Bonchev–Trinajstić information content (AvgIpc) is 3.33. The first kappa shape index (κ1) is 28.6. The SMILES string of the molecule is CC(NC(O)C1=C(/C=C\Cc2ccc(-c3cnc4n[nH]c(N)c4c3)cc2)NCC(C(F)(F)F)=C1)c1ccc(Br)cc1. The van der Waals surface area contributed by atoms with Crippen LogP contribution in [0.4, 0.5) is 19.0 Å². The molecule has 11 heteroatoms. The highest BCUT2D eigenvalue weighted by Gasteiger charge is 2.36. The maximum absolute atomic E-state index is 13.5. The molecule has 0 amide bonds. The number of nitrogens with zero attached hydrogens (tertiary/aromatic N) is 2. The van der Waals surface area contributed by atoms with Crippen molar-refractivity contribution in [3.63, 3.8) is 0 Å². The Kier molecular flexibility index (Phi) is 8.30. The largest absolute Gasteiger partial charge is 0.414 e. The lowest BCUT2D eigenvalue weighted by molar-refractivity contribution is -0.0931. The summed E-state index contributed by atoms with van der Waals surface area (Å²) >= 11 is 3.39. The van der Waals surface area contributed by atoms with Crippen molar-refractivity contribution in [1.29, 1.82) is 0 Å². The van der Waals surface area contributed by atoms with Crippen molar-refractivity contribution in [3.8, 4) is 11.1 Å². The third-order valence-electron chi connectivity index (χ3n) is 6.91. The Bertz CT molecular complexity index is 1620. The van der Waals surface area contributed by atoms with E-state index < -0.39 is 18.0 Å². The molecule has 0 bridgehead atoms. The van der Waals surface area contributed by atoms with E-state index in [2.05, 4.69) is 41.7 Å². The van der Waals surface area contributed by atoms with E-state index in [0.29, 0.717) is 23.6 Å². The molecule has 1 aliphatic heterocycles. The fourth-order valence-corrected chi connectivity index (χ4v) is 4.83. The van der Waals surface area contributed by atoms with Crippen LogP contribution in [0.1, 0.15) is 24.1 Å². The van der Waals surface area contributed by atoms with Gasteiger partial charge in [0.05, 0.1) is 11.0 Å². The smallest absolute Gasteiger partial charge is 0.384 e. The number of dihydropyridines is 1. The van der Waals surface area contributed by atoms with Crippen LogP contribution >= 0.6 is 15.9 Å². The van der Waals surface area contributed by atoms with Gasteiger partial charge in [-0.15, -0.1) is 0 Å². The number of fused-ring (bicyclic) bond motifs is 1. The number of H-pyrrole nitrogens is 1. The van der Waals surface area contributed by atoms with E-state index in [9.17, 15) is 18.3 Å². The number of benzene rings is 2. The van der Waals surface area contributed by atoms with Crippen molar-refractivity contribution in [2.24, 2.45) is 0 Å². The fraction of sp³-hybridized carbons (Fsp3) is 0.200. The monoisotopic (exact) mass is 624 g/mol. The van der Waals surface area contributed by atoms with Crippen LogP contribution in [0, 0.1) is 0 Å². The van der Waals surface area contributed by atoms with E-state index in [4.69, 9.17) is 5.73 Å². The van der Waals surface area contributed by atoms with Crippen molar-refractivity contribution in [2.45, 2.75) is 31.8 Å². The number of nitrogen functional groups attached to an aromatic ring is 1. The number of anilines is 1. The molecule has 3 heterocycles. The number of rotatable bonds is 8. The number of pyridine rings is 1. The van der Waals surface area contributed by atoms with Gasteiger partial charge in [0.1, 0.15) is 12.0 Å². The van der Waals surface area contributed by atoms with Gasteiger partial charge in [-0.05, 0) is 60.4 Å². The lowest BCUT2D eigenvalue weighted by Crippen LogP contribution is -2.38. The molecule has 5 rings (SSSR count). The second-order valence-electron chi connectivity index (χ2n) is 9.77. The van der Waals surface area contributed by atoms with Gasteiger partial charge in [0.15, 0.2) is 5.65 Å². The lowest BCUT2D eigenvalue weighted by Gasteiger charge is -2.27. The van der Waals surface area contributed by atoms with Crippen molar-refractivity contribution in [1.82, 2.24) is 25.8 Å². The highest BCUT2D eigenvalue weighted by atomic mass is 79.9. The zero-order valence-electron chi connectivity index (χ0n) is 22.0. The van der Waals surface area contributed by atoms with Crippen molar-refractivity contribution in [2.75, 3.05) is 12.3 Å². The minimum absolute atomic E-state index is 0.126. The van der Waals surface area contributed by atoms with Crippen molar-refractivity contribution < 1.29 is 18.3 Å². The molecule has 0 saturated heterocycles. The molecular formula is C30H28BrF3N6O. The van der Waals surface area contributed by atoms with Crippen LogP contribution in [0.3, 0.4) is 0 Å².